The van der Waals surface area contributed by atoms with Crippen molar-refractivity contribution >= 4 is 11.3 Å². The fourth-order valence-electron chi connectivity index (χ4n) is 3.02. The molecule has 0 saturated carbocycles. The van der Waals surface area contributed by atoms with Crippen molar-refractivity contribution in [1.29, 1.82) is 5.41 Å². The van der Waals surface area contributed by atoms with E-state index in [9.17, 15) is 0 Å². The maximum atomic E-state index is 15.1. The largest absolute Gasteiger partial charge is 0.496 e. The van der Waals surface area contributed by atoms with E-state index < -0.39 is 12.5 Å². The molecule has 0 amide bonds. The minimum absolute atomic E-state index is 0.0759. The van der Waals surface area contributed by atoms with E-state index >= 15 is 8.78 Å². The Morgan fingerprint density at radius 2 is 1.81 bits per heavy atom. The minimum Gasteiger partial charge on any atom is -0.496 e. The summed E-state index contributed by atoms with van der Waals surface area (Å²) in [4.78, 5) is 7.50. The van der Waals surface area contributed by atoms with Gasteiger partial charge in [-0.3, -0.25) is 0 Å². The van der Waals surface area contributed by atoms with Gasteiger partial charge in [0, 0.05) is 23.5 Å². The number of aliphatic hydroxyl groups excluding tert-OH is 1. The number of halogens is 2. The Hall–Kier alpha value is -3.19. The van der Waals surface area contributed by atoms with Crippen molar-refractivity contribution in [3.05, 3.63) is 83.0 Å². The first-order valence-corrected chi connectivity index (χ1v) is 10.1. The highest BCUT2D eigenvalue weighted by molar-refractivity contribution is 6.15. The number of alkyl halides is 2. The van der Waals surface area contributed by atoms with Gasteiger partial charge in [-0.1, -0.05) is 39.0 Å². The summed E-state index contributed by atoms with van der Waals surface area (Å²) in [7, 11) is 1.47. The minimum atomic E-state index is -3.34. The molecule has 164 valence electrons. The molecule has 0 aliphatic heterocycles. The molecule has 1 aromatic heterocycles. The fourth-order valence-corrected chi connectivity index (χ4v) is 3.02. The summed E-state index contributed by atoms with van der Waals surface area (Å²) in [5.41, 5.74) is 1.57. The summed E-state index contributed by atoms with van der Waals surface area (Å²) in [5.74, 6) is -2.83. The van der Waals surface area contributed by atoms with E-state index in [0.29, 0.717) is 22.6 Å². The average Bonchev–Trinajstić information content (AvgIpc) is 2.81. The molecule has 2 N–H and O–H groups in total. The number of aromatic nitrogens is 2. The van der Waals surface area contributed by atoms with Crippen LogP contribution in [-0.2, 0) is 12.5 Å². The van der Waals surface area contributed by atoms with Gasteiger partial charge >= 0.3 is 5.92 Å². The normalized spacial score (nSPS) is 14.7. The Morgan fingerprint density at radius 3 is 2.35 bits per heavy atom. The van der Waals surface area contributed by atoms with Crippen LogP contribution in [0.4, 0.5) is 8.78 Å². The number of aliphatic hydroxyl groups is 1. The monoisotopic (exact) mass is 427 g/mol. The third kappa shape index (κ3) is 5.30. The first-order valence-electron chi connectivity index (χ1n) is 10.1. The molecular weight excluding hydrogens is 400 g/mol. The lowest BCUT2D eigenvalue weighted by molar-refractivity contribution is 0.0418. The lowest BCUT2D eigenvalue weighted by atomic mass is 9.91. The molecule has 2 aromatic rings. The van der Waals surface area contributed by atoms with Crippen molar-refractivity contribution < 1.29 is 18.6 Å². The highest BCUT2D eigenvalue weighted by Gasteiger charge is 2.35. The Bertz CT molecular complexity index is 1010. The Balaban J connectivity index is 0.00000166. The summed E-state index contributed by atoms with van der Waals surface area (Å²) >= 11 is 0. The molecule has 1 aliphatic rings. The topological polar surface area (TPSA) is 79.1 Å². The van der Waals surface area contributed by atoms with Crippen molar-refractivity contribution in [3.63, 3.8) is 0 Å². The Kier molecular flexibility index (Phi) is 8.33. The van der Waals surface area contributed by atoms with Crippen molar-refractivity contribution in [1.82, 2.24) is 9.97 Å². The second-order valence-electron chi connectivity index (χ2n) is 6.45. The number of nitrogens with one attached hydrogen (secondary N) is 1. The summed E-state index contributed by atoms with van der Waals surface area (Å²) in [6, 6.07) is 4.14. The van der Waals surface area contributed by atoms with Crippen LogP contribution in [0, 0.1) is 5.41 Å². The van der Waals surface area contributed by atoms with Crippen LogP contribution in [0.3, 0.4) is 0 Å². The molecule has 0 spiro atoms. The third-order valence-corrected chi connectivity index (χ3v) is 4.56. The number of ether oxygens (including phenoxy) is 1. The van der Waals surface area contributed by atoms with E-state index in [1.807, 2.05) is 26.8 Å². The quantitative estimate of drug-likeness (QED) is 0.642. The maximum Gasteiger partial charge on any atom is 0.301 e. The van der Waals surface area contributed by atoms with Gasteiger partial charge in [-0.05, 0) is 41.8 Å². The molecule has 0 saturated heterocycles. The SMILES string of the molecule is CC.CC/C=C1\C=CC(c2cc(C(F)(F)c3cnc(CO)nc3)ccc2OC)=CC1=N. The molecule has 5 nitrogen and oxygen atoms in total. The number of nitrogens with zero attached hydrogens (tertiary/aromatic N) is 2. The summed E-state index contributed by atoms with van der Waals surface area (Å²) in [6.45, 7) is 5.57. The van der Waals surface area contributed by atoms with Crippen LogP contribution in [0.1, 0.15) is 49.7 Å². The molecule has 0 bridgehead atoms. The van der Waals surface area contributed by atoms with Crippen molar-refractivity contribution in [2.45, 2.75) is 39.7 Å². The van der Waals surface area contributed by atoms with Gasteiger partial charge < -0.3 is 15.3 Å². The van der Waals surface area contributed by atoms with Gasteiger partial charge in [-0.2, -0.15) is 8.78 Å². The Labute approximate surface area is 181 Å². The predicted octanol–water partition coefficient (Wildman–Crippen LogP) is 5.45. The second kappa shape index (κ2) is 10.7. The fraction of sp³-hybridized carbons (Fsp3) is 0.292. The van der Waals surface area contributed by atoms with Crippen LogP contribution in [0.25, 0.3) is 5.57 Å². The van der Waals surface area contributed by atoms with Gasteiger partial charge in [0.1, 0.15) is 12.4 Å². The zero-order chi connectivity index (χ0) is 23.0. The zero-order valence-corrected chi connectivity index (χ0v) is 18.1. The van der Waals surface area contributed by atoms with E-state index in [4.69, 9.17) is 15.3 Å². The number of allylic oxidation sites excluding steroid dienone is 6. The number of hydrogen-bond acceptors (Lipinski definition) is 5. The highest BCUT2D eigenvalue weighted by atomic mass is 19.3. The molecule has 7 heteroatoms. The third-order valence-electron chi connectivity index (χ3n) is 4.56. The van der Waals surface area contributed by atoms with E-state index in [1.165, 1.54) is 25.3 Å². The number of benzene rings is 1. The highest BCUT2D eigenvalue weighted by Crippen LogP contribution is 2.39. The number of rotatable bonds is 6. The maximum absolute atomic E-state index is 15.1. The molecular formula is C24H27F2N3O2. The van der Waals surface area contributed by atoms with Crippen molar-refractivity contribution in [2.24, 2.45) is 0 Å². The van der Waals surface area contributed by atoms with E-state index in [1.54, 1.807) is 18.2 Å². The van der Waals surface area contributed by atoms with Crippen LogP contribution >= 0.6 is 0 Å². The molecule has 0 fully saturated rings. The van der Waals surface area contributed by atoms with Crippen LogP contribution in [-0.4, -0.2) is 27.9 Å². The van der Waals surface area contributed by atoms with Crippen LogP contribution < -0.4 is 4.74 Å². The first kappa shape index (κ1) is 24.1. The number of hydrogen-bond donors (Lipinski definition) is 2. The van der Waals surface area contributed by atoms with Crippen LogP contribution in [0.2, 0.25) is 0 Å². The van der Waals surface area contributed by atoms with Gasteiger partial charge in [0.25, 0.3) is 0 Å². The molecule has 1 aromatic carbocycles. The summed E-state index contributed by atoms with van der Waals surface area (Å²) in [5, 5.41) is 17.2. The van der Waals surface area contributed by atoms with Crippen LogP contribution in [0.15, 0.2) is 60.5 Å². The number of methoxy groups -OCH3 is 1. The van der Waals surface area contributed by atoms with Gasteiger partial charge in [0.15, 0.2) is 5.82 Å². The molecule has 1 heterocycles. The van der Waals surface area contributed by atoms with Gasteiger partial charge in [0.05, 0.1) is 18.4 Å². The molecule has 31 heavy (non-hydrogen) atoms. The lowest BCUT2D eigenvalue weighted by Crippen LogP contribution is -2.17. The molecule has 3 rings (SSSR count). The zero-order valence-electron chi connectivity index (χ0n) is 18.1. The molecule has 0 atom stereocenters. The summed E-state index contributed by atoms with van der Waals surface area (Å²) < 4.78 is 35.5. The van der Waals surface area contributed by atoms with E-state index in [-0.39, 0.29) is 17.0 Å². The smallest absolute Gasteiger partial charge is 0.301 e. The van der Waals surface area contributed by atoms with Crippen molar-refractivity contribution in [2.75, 3.05) is 7.11 Å². The first-order chi connectivity index (χ1) is 14.9. The second-order valence-corrected chi connectivity index (χ2v) is 6.45. The van der Waals surface area contributed by atoms with Gasteiger partial charge in [-0.25, -0.2) is 9.97 Å². The average molecular weight is 427 g/mol. The van der Waals surface area contributed by atoms with Crippen molar-refractivity contribution in [3.8, 4) is 5.75 Å². The predicted molar refractivity (Wildman–Crippen MR) is 119 cm³/mol. The standard InChI is InChI=1S/C22H21F2N3O2.C2H6/c1-3-4-14-5-6-15(9-19(14)25)18-10-16(7-8-20(18)29-2)22(23,24)17-11-26-21(13-28)27-12-17;1-2/h4-12,25,28H,3,13H2,1-2H3;1-2H3/b14-4+,25-19?;. The lowest BCUT2D eigenvalue weighted by Gasteiger charge is -2.20. The van der Waals surface area contributed by atoms with E-state index in [2.05, 4.69) is 9.97 Å². The summed E-state index contributed by atoms with van der Waals surface area (Å²) in [6.07, 6.45) is 9.99. The van der Waals surface area contributed by atoms with Gasteiger partial charge in [-0.15, -0.1) is 0 Å². The van der Waals surface area contributed by atoms with Gasteiger partial charge in [0.2, 0.25) is 0 Å². The van der Waals surface area contributed by atoms with E-state index in [0.717, 1.165) is 24.4 Å². The Morgan fingerprint density at radius 1 is 1.13 bits per heavy atom. The molecule has 1 aliphatic carbocycles. The van der Waals surface area contributed by atoms with Crippen LogP contribution in [0.5, 0.6) is 5.75 Å². The molecule has 0 radical (unpaired) electrons. The molecule has 0 unspecified atom stereocenters.